The third-order valence-electron chi connectivity index (χ3n) is 5.80. The number of piperidine rings is 1. The number of amides is 1. The van der Waals surface area contributed by atoms with Crippen LogP contribution in [-0.2, 0) is 9.53 Å². The summed E-state index contributed by atoms with van der Waals surface area (Å²) in [5.74, 6) is 0.381. The summed E-state index contributed by atoms with van der Waals surface area (Å²) in [6, 6.07) is 6.92. The first-order chi connectivity index (χ1) is 13.0. The Morgan fingerprint density at radius 1 is 1.15 bits per heavy atom. The SMILES string of the molecule is COC(=O)C1CC2CC1CN(C(=O)c1cc3cc(OC)ccc3[nH]c1=O)C2. The molecule has 1 amide bonds. The summed E-state index contributed by atoms with van der Waals surface area (Å²) < 4.78 is 10.1. The smallest absolute Gasteiger partial charge is 0.309 e. The number of likely N-dealkylation sites (tertiary alicyclic amines) is 1. The van der Waals surface area contributed by atoms with Gasteiger partial charge in [0.1, 0.15) is 11.3 Å². The minimum Gasteiger partial charge on any atom is -0.497 e. The Morgan fingerprint density at radius 2 is 1.96 bits per heavy atom. The molecule has 2 aromatic rings. The van der Waals surface area contributed by atoms with Gasteiger partial charge >= 0.3 is 5.97 Å². The molecule has 3 atom stereocenters. The van der Waals surface area contributed by atoms with Crippen LogP contribution in [0, 0.1) is 17.8 Å². The van der Waals surface area contributed by atoms with Crippen LogP contribution in [0.1, 0.15) is 23.2 Å². The molecule has 2 heterocycles. The lowest BCUT2D eigenvalue weighted by Crippen LogP contribution is -2.43. The van der Waals surface area contributed by atoms with Crippen LogP contribution < -0.4 is 10.3 Å². The number of aromatic amines is 1. The normalized spacial score (nSPS) is 24.1. The Kier molecular flexibility index (Phi) is 4.37. The topological polar surface area (TPSA) is 88.7 Å². The highest BCUT2D eigenvalue weighted by atomic mass is 16.5. The summed E-state index contributed by atoms with van der Waals surface area (Å²) in [7, 11) is 2.97. The van der Waals surface area contributed by atoms with Crippen molar-refractivity contribution in [1.82, 2.24) is 9.88 Å². The first kappa shape index (κ1) is 17.6. The summed E-state index contributed by atoms with van der Waals surface area (Å²) in [5, 5.41) is 0.740. The number of rotatable bonds is 3. The third kappa shape index (κ3) is 3.07. The average Bonchev–Trinajstić information content (AvgIpc) is 2.99. The van der Waals surface area contributed by atoms with Crippen LogP contribution in [0.5, 0.6) is 5.75 Å². The fraction of sp³-hybridized carbons (Fsp3) is 0.450. The number of nitrogens with one attached hydrogen (secondary N) is 1. The van der Waals surface area contributed by atoms with E-state index in [0.29, 0.717) is 24.4 Å². The maximum atomic E-state index is 13.0. The van der Waals surface area contributed by atoms with Gasteiger partial charge in [0.25, 0.3) is 11.5 Å². The highest BCUT2D eigenvalue weighted by Crippen LogP contribution is 2.42. The van der Waals surface area contributed by atoms with Crippen molar-refractivity contribution in [3.63, 3.8) is 0 Å². The number of esters is 1. The fourth-order valence-electron chi connectivity index (χ4n) is 4.51. The van der Waals surface area contributed by atoms with Crippen LogP contribution >= 0.6 is 0 Å². The number of carbonyl (C=O) groups excluding carboxylic acids is 2. The number of nitrogens with zero attached hydrogens (tertiary/aromatic N) is 1. The zero-order valence-corrected chi connectivity index (χ0v) is 15.4. The fourth-order valence-corrected chi connectivity index (χ4v) is 4.51. The Balaban J connectivity index is 1.62. The Hall–Kier alpha value is -2.83. The molecule has 1 N–H and O–H groups in total. The molecule has 1 saturated heterocycles. The van der Waals surface area contributed by atoms with E-state index in [0.717, 1.165) is 18.2 Å². The largest absolute Gasteiger partial charge is 0.497 e. The van der Waals surface area contributed by atoms with Crippen molar-refractivity contribution in [3.8, 4) is 5.75 Å². The van der Waals surface area contributed by atoms with Crippen LogP contribution in [-0.4, -0.2) is 49.1 Å². The summed E-state index contributed by atoms with van der Waals surface area (Å²) in [5.41, 5.74) is 0.369. The molecule has 0 spiro atoms. The molecule has 4 rings (SSSR count). The lowest BCUT2D eigenvalue weighted by Gasteiger charge is -2.32. The number of fused-ring (bicyclic) bond motifs is 3. The molecule has 27 heavy (non-hydrogen) atoms. The van der Waals surface area contributed by atoms with E-state index in [1.807, 2.05) is 0 Å². The number of methoxy groups -OCH3 is 2. The molecule has 1 aromatic heterocycles. The van der Waals surface area contributed by atoms with E-state index in [1.54, 1.807) is 36.3 Å². The number of aromatic nitrogens is 1. The van der Waals surface area contributed by atoms with Gasteiger partial charge in [0, 0.05) is 24.0 Å². The highest BCUT2D eigenvalue weighted by Gasteiger charge is 2.45. The molecule has 2 aliphatic rings. The summed E-state index contributed by atoms with van der Waals surface area (Å²) in [4.78, 5) is 42.0. The van der Waals surface area contributed by atoms with Gasteiger partial charge in [-0.1, -0.05) is 0 Å². The second-order valence-corrected chi connectivity index (χ2v) is 7.40. The van der Waals surface area contributed by atoms with E-state index >= 15 is 0 Å². The van der Waals surface area contributed by atoms with Crippen molar-refractivity contribution in [3.05, 3.63) is 40.2 Å². The molecular weight excluding hydrogens is 348 g/mol. The van der Waals surface area contributed by atoms with E-state index in [1.165, 1.54) is 7.11 Å². The number of H-pyrrole nitrogens is 1. The van der Waals surface area contributed by atoms with E-state index in [4.69, 9.17) is 9.47 Å². The maximum Gasteiger partial charge on any atom is 0.309 e. The highest BCUT2D eigenvalue weighted by molar-refractivity contribution is 5.97. The van der Waals surface area contributed by atoms with Crippen molar-refractivity contribution >= 4 is 22.8 Å². The van der Waals surface area contributed by atoms with Gasteiger partial charge in [0.2, 0.25) is 0 Å². The number of ether oxygens (including phenoxy) is 2. The van der Waals surface area contributed by atoms with Crippen LogP contribution in [0.2, 0.25) is 0 Å². The monoisotopic (exact) mass is 370 g/mol. The predicted octanol–water partition coefficient (Wildman–Crippen LogP) is 1.81. The molecular formula is C20H22N2O5. The molecule has 2 fully saturated rings. The minimum atomic E-state index is -0.403. The van der Waals surface area contributed by atoms with Crippen molar-refractivity contribution in [2.24, 2.45) is 17.8 Å². The summed E-state index contributed by atoms with van der Waals surface area (Å²) >= 11 is 0. The summed E-state index contributed by atoms with van der Waals surface area (Å²) in [6.45, 7) is 1.04. The van der Waals surface area contributed by atoms with E-state index < -0.39 is 5.56 Å². The van der Waals surface area contributed by atoms with Crippen molar-refractivity contribution in [2.45, 2.75) is 12.8 Å². The molecule has 1 aliphatic heterocycles. The third-order valence-corrected chi connectivity index (χ3v) is 5.80. The molecule has 3 unspecified atom stereocenters. The molecule has 1 aromatic carbocycles. The van der Waals surface area contributed by atoms with E-state index in [9.17, 15) is 14.4 Å². The standard InChI is InChI=1S/C20H22N2O5/c1-26-14-3-4-17-12(7-14)8-16(18(23)21-17)19(24)22-9-11-5-13(10-22)15(6-11)20(25)27-2/h3-4,7-8,11,13,15H,5-6,9-10H2,1-2H3,(H,21,23). The first-order valence-electron chi connectivity index (χ1n) is 9.08. The predicted molar refractivity (Wildman–Crippen MR) is 98.7 cm³/mol. The maximum absolute atomic E-state index is 13.0. The number of carbonyl (C=O) groups is 2. The van der Waals surface area contributed by atoms with Crippen molar-refractivity contribution in [1.29, 1.82) is 0 Å². The molecule has 7 heteroatoms. The van der Waals surface area contributed by atoms with Crippen LogP contribution in [0.15, 0.2) is 29.1 Å². The van der Waals surface area contributed by atoms with Gasteiger partial charge < -0.3 is 19.4 Å². The zero-order valence-electron chi connectivity index (χ0n) is 15.4. The Bertz CT molecular complexity index is 966. The van der Waals surface area contributed by atoms with Crippen molar-refractivity contribution < 1.29 is 19.1 Å². The molecule has 1 saturated carbocycles. The molecule has 7 nitrogen and oxygen atoms in total. The van der Waals surface area contributed by atoms with Gasteiger partial charge in [0.05, 0.1) is 20.1 Å². The quantitative estimate of drug-likeness (QED) is 0.833. The first-order valence-corrected chi connectivity index (χ1v) is 9.08. The van der Waals surface area contributed by atoms with Gasteiger partial charge in [-0.15, -0.1) is 0 Å². The minimum absolute atomic E-state index is 0.0970. The molecule has 2 bridgehead atoms. The average molecular weight is 370 g/mol. The van der Waals surface area contributed by atoms with Crippen LogP contribution in [0.25, 0.3) is 10.9 Å². The second kappa shape index (κ2) is 6.72. The number of hydrogen-bond acceptors (Lipinski definition) is 5. The van der Waals surface area contributed by atoms with E-state index in [-0.39, 0.29) is 35.2 Å². The van der Waals surface area contributed by atoms with Crippen LogP contribution in [0.4, 0.5) is 0 Å². The van der Waals surface area contributed by atoms with Gasteiger partial charge in [-0.2, -0.15) is 0 Å². The van der Waals surface area contributed by atoms with Gasteiger partial charge in [-0.25, -0.2) is 0 Å². The summed E-state index contributed by atoms with van der Waals surface area (Å²) in [6.07, 6.45) is 1.67. The molecule has 142 valence electrons. The Labute approximate surface area is 156 Å². The number of hydrogen-bond donors (Lipinski definition) is 1. The van der Waals surface area contributed by atoms with Crippen molar-refractivity contribution in [2.75, 3.05) is 27.3 Å². The number of pyridine rings is 1. The lowest BCUT2D eigenvalue weighted by molar-refractivity contribution is -0.146. The molecule has 1 aliphatic carbocycles. The van der Waals surface area contributed by atoms with E-state index in [2.05, 4.69) is 4.98 Å². The van der Waals surface area contributed by atoms with Gasteiger partial charge in [0.15, 0.2) is 0 Å². The Morgan fingerprint density at radius 3 is 2.70 bits per heavy atom. The van der Waals surface area contributed by atoms with Gasteiger partial charge in [-0.3, -0.25) is 14.4 Å². The zero-order chi connectivity index (χ0) is 19.1. The van der Waals surface area contributed by atoms with Gasteiger partial charge in [-0.05, 0) is 48.9 Å². The van der Waals surface area contributed by atoms with Crippen LogP contribution in [0.3, 0.4) is 0 Å². The second-order valence-electron chi connectivity index (χ2n) is 7.40. The number of benzene rings is 1. The molecule has 0 radical (unpaired) electrons. The lowest BCUT2D eigenvalue weighted by atomic mass is 9.94.